The summed E-state index contributed by atoms with van der Waals surface area (Å²) >= 11 is 0. The maximum Gasteiger partial charge on any atom is 0.119 e. The summed E-state index contributed by atoms with van der Waals surface area (Å²) in [5.41, 5.74) is 2.48. The molecule has 0 aromatic heterocycles. The van der Waals surface area contributed by atoms with Crippen molar-refractivity contribution in [3.63, 3.8) is 0 Å². The van der Waals surface area contributed by atoms with Crippen molar-refractivity contribution >= 4 is 0 Å². The Morgan fingerprint density at radius 3 is 2.71 bits per heavy atom. The first kappa shape index (κ1) is 8.30. The van der Waals surface area contributed by atoms with Gasteiger partial charge >= 0.3 is 0 Å². The molecule has 2 aliphatic carbocycles. The number of nitrogens with one attached hydrogen (secondary N) is 1. The molecule has 14 heavy (non-hydrogen) atoms. The van der Waals surface area contributed by atoms with Gasteiger partial charge in [0.1, 0.15) is 5.75 Å². The molecule has 0 amide bonds. The van der Waals surface area contributed by atoms with Crippen molar-refractivity contribution in [3.05, 3.63) is 29.3 Å². The highest BCUT2D eigenvalue weighted by Crippen LogP contribution is 2.31. The molecule has 2 heteroatoms. The average Bonchev–Trinajstić information content (AvgIpc) is 2.84. The van der Waals surface area contributed by atoms with Crippen LogP contribution in [0.15, 0.2) is 18.2 Å². The van der Waals surface area contributed by atoms with E-state index >= 15 is 0 Å². The van der Waals surface area contributed by atoms with Crippen molar-refractivity contribution in [2.24, 2.45) is 0 Å². The zero-order chi connectivity index (χ0) is 9.54. The fourth-order valence-electron chi connectivity index (χ4n) is 2.33. The lowest BCUT2D eigenvalue weighted by atomic mass is 10.1. The number of rotatable bonds is 2. The predicted molar refractivity (Wildman–Crippen MR) is 55.5 cm³/mol. The molecule has 0 heterocycles. The third-order valence-corrected chi connectivity index (χ3v) is 3.21. The third-order valence-electron chi connectivity index (χ3n) is 3.21. The first-order valence-electron chi connectivity index (χ1n) is 5.39. The van der Waals surface area contributed by atoms with Gasteiger partial charge in [0.25, 0.3) is 0 Å². The fraction of sp³-hybridized carbons (Fsp3) is 0.500. The van der Waals surface area contributed by atoms with Crippen molar-refractivity contribution in [1.82, 2.24) is 5.32 Å². The predicted octanol–water partition coefficient (Wildman–Crippen LogP) is 1.61. The molecule has 1 fully saturated rings. The number of aromatic hydroxyl groups is 1. The van der Waals surface area contributed by atoms with E-state index < -0.39 is 0 Å². The number of phenolic OH excluding ortho intramolecular Hbond substituents is 1. The smallest absolute Gasteiger partial charge is 0.119 e. The molecule has 3 rings (SSSR count). The number of hydrogen-bond donors (Lipinski definition) is 2. The molecule has 1 unspecified atom stereocenters. The molecule has 1 atom stereocenters. The molecule has 1 aromatic carbocycles. The molecule has 74 valence electrons. The van der Waals surface area contributed by atoms with Gasteiger partial charge in [-0.05, 0) is 42.9 Å². The summed E-state index contributed by atoms with van der Waals surface area (Å²) in [5.74, 6) is 0.475. The highest BCUT2D eigenvalue weighted by Gasteiger charge is 2.29. The number of phenols is 1. The summed E-state index contributed by atoms with van der Waals surface area (Å²) in [5, 5.41) is 13.3. The van der Waals surface area contributed by atoms with Gasteiger partial charge in [0.15, 0.2) is 0 Å². The van der Waals surface area contributed by atoms with Crippen molar-refractivity contribution in [1.29, 1.82) is 0 Å². The number of benzene rings is 1. The van der Waals surface area contributed by atoms with Gasteiger partial charge in [-0.25, -0.2) is 0 Å². The maximum absolute atomic E-state index is 9.67. The van der Waals surface area contributed by atoms with Crippen LogP contribution in [0.25, 0.3) is 0 Å². The normalized spacial score (nSPS) is 25.0. The van der Waals surface area contributed by atoms with Gasteiger partial charge < -0.3 is 10.4 Å². The van der Waals surface area contributed by atoms with E-state index in [9.17, 15) is 5.11 Å². The largest absolute Gasteiger partial charge is 0.508 e. The van der Waals surface area contributed by atoms with Crippen LogP contribution in [0.5, 0.6) is 5.75 Å². The maximum atomic E-state index is 9.67. The summed E-state index contributed by atoms with van der Waals surface area (Å²) in [6.07, 6.45) is 4.75. The van der Waals surface area contributed by atoms with E-state index in [4.69, 9.17) is 0 Å². The van der Waals surface area contributed by atoms with Crippen molar-refractivity contribution < 1.29 is 5.11 Å². The lowest BCUT2D eigenvalue weighted by Gasteiger charge is -2.09. The third kappa shape index (κ3) is 1.40. The molecule has 2 nitrogen and oxygen atoms in total. The molecule has 0 radical (unpaired) electrons. The minimum Gasteiger partial charge on any atom is -0.508 e. The van der Waals surface area contributed by atoms with Crippen LogP contribution in [0.3, 0.4) is 0 Å². The quantitative estimate of drug-likeness (QED) is 0.740. The summed E-state index contributed by atoms with van der Waals surface area (Å²) in [6.45, 7) is 0. The summed E-state index contributed by atoms with van der Waals surface area (Å²) < 4.78 is 0. The standard InChI is InChI=1S/C12H15NO/c14-12-3-1-2-8-6-10(7-11(8)12)13-9-4-5-9/h1-3,9-10,13-14H,4-7H2. The van der Waals surface area contributed by atoms with Crippen LogP contribution >= 0.6 is 0 Å². The van der Waals surface area contributed by atoms with E-state index in [2.05, 4.69) is 11.4 Å². The number of hydrogen-bond acceptors (Lipinski definition) is 2. The monoisotopic (exact) mass is 189 g/mol. The Bertz CT molecular complexity index is 357. The van der Waals surface area contributed by atoms with E-state index in [0.29, 0.717) is 11.8 Å². The van der Waals surface area contributed by atoms with Crippen LogP contribution in [-0.2, 0) is 12.8 Å². The minimum atomic E-state index is 0.475. The molecule has 1 aromatic rings. The number of fused-ring (bicyclic) bond motifs is 1. The van der Waals surface area contributed by atoms with Gasteiger partial charge in [-0.1, -0.05) is 12.1 Å². The Hall–Kier alpha value is -1.02. The second kappa shape index (κ2) is 2.99. The Morgan fingerprint density at radius 2 is 2.00 bits per heavy atom. The van der Waals surface area contributed by atoms with Gasteiger partial charge in [0.05, 0.1) is 0 Å². The second-order valence-corrected chi connectivity index (χ2v) is 4.46. The zero-order valence-electron chi connectivity index (χ0n) is 8.16. The summed E-state index contributed by atoms with van der Waals surface area (Å²) in [4.78, 5) is 0. The van der Waals surface area contributed by atoms with Gasteiger partial charge in [-0.15, -0.1) is 0 Å². The highest BCUT2D eigenvalue weighted by molar-refractivity contribution is 5.43. The van der Waals surface area contributed by atoms with Gasteiger partial charge in [-0.2, -0.15) is 0 Å². The van der Waals surface area contributed by atoms with Gasteiger partial charge in [0.2, 0.25) is 0 Å². The van der Waals surface area contributed by atoms with E-state index in [1.165, 1.54) is 18.4 Å². The zero-order valence-corrected chi connectivity index (χ0v) is 8.16. The molecular formula is C12H15NO. The Kier molecular flexibility index (Phi) is 1.77. The molecule has 1 saturated carbocycles. The first-order chi connectivity index (χ1) is 6.83. The minimum absolute atomic E-state index is 0.475. The van der Waals surface area contributed by atoms with E-state index in [1.54, 1.807) is 6.07 Å². The summed E-state index contributed by atoms with van der Waals surface area (Å²) in [6, 6.07) is 7.18. The fourth-order valence-corrected chi connectivity index (χ4v) is 2.33. The molecule has 2 aliphatic rings. The highest BCUT2D eigenvalue weighted by atomic mass is 16.3. The Labute approximate surface area is 84.0 Å². The Morgan fingerprint density at radius 1 is 1.14 bits per heavy atom. The van der Waals surface area contributed by atoms with E-state index in [1.807, 2.05) is 6.07 Å². The molecule has 0 spiro atoms. The van der Waals surface area contributed by atoms with Crippen molar-refractivity contribution in [3.8, 4) is 5.75 Å². The lowest BCUT2D eigenvalue weighted by molar-refractivity contribution is 0.464. The van der Waals surface area contributed by atoms with Crippen LogP contribution in [-0.4, -0.2) is 17.2 Å². The van der Waals surface area contributed by atoms with E-state index in [-0.39, 0.29) is 0 Å². The SMILES string of the molecule is Oc1cccc2c1CC(NC1CC1)C2. The van der Waals surface area contributed by atoms with Crippen LogP contribution in [0.2, 0.25) is 0 Å². The molecule has 0 aliphatic heterocycles. The van der Waals surface area contributed by atoms with Gasteiger partial charge in [0, 0.05) is 12.1 Å². The van der Waals surface area contributed by atoms with Gasteiger partial charge in [-0.3, -0.25) is 0 Å². The second-order valence-electron chi connectivity index (χ2n) is 4.46. The van der Waals surface area contributed by atoms with Crippen LogP contribution < -0.4 is 5.32 Å². The van der Waals surface area contributed by atoms with Crippen molar-refractivity contribution in [2.45, 2.75) is 37.8 Å². The average molecular weight is 189 g/mol. The molecule has 0 bridgehead atoms. The van der Waals surface area contributed by atoms with Crippen LogP contribution in [0, 0.1) is 0 Å². The topological polar surface area (TPSA) is 32.3 Å². The first-order valence-corrected chi connectivity index (χ1v) is 5.39. The summed E-state index contributed by atoms with van der Waals surface area (Å²) in [7, 11) is 0. The van der Waals surface area contributed by atoms with Crippen molar-refractivity contribution in [2.75, 3.05) is 0 Å². The van der Waals surface area contributed by atoms with Crippen LogP contribution in [0.4, 0.5) is 0 Å². The van der Waals surface area contributed by atoms with Crippen LogP contribution in [0.1, 0.15) is 24.0 Å². The molecule has 0 saturated heterocycles. The molecular weight excluding hydrogens is 174 g/mol. The lowest BCUT2D eigenvalue weighted by Crippen LogP contribution is -2.31. The van der Waals surface area contributed by atoms with E-state index in [0.717, 1.165) is 24.4 Å². The Balaban J connectivity index is 1.78. The molecule has 2 N–H and O–H groups in total.